The highest BCUT2D eigenvalue weighted by Crippen LogP contribution is 2.67. The van der Waals surface area contributed by atoms with E-state index in [9.17, 15) is 9.90 Å². The average molecular weight is 596 g/mol. The van der Waals surface area contributed by atoms with Crippen LogP contribution in [0.15, 0.2) is 12.1 Å². The summed E-state index contributed by atoms with van der Waals surface area (Å²) in [6.45, 7) is 20.5. The van der Waals surface area contributed by atoms with Gasteiger partial charge in [0.2, 0.25) is 5.75 Å². The lowest BCUT2D eigenvalue weighted by Crippen LogP contribution is -2.43. The number of carboxylic acids is 1. The Labute approximate surface area is 248 Å². The molecule has 2 aliphatic carbocycles. The summed E-state index contributed by atoms with van der Waals surface area (Å²) in [6, 6.07) is 2.76. The summed E-state index contributed by atoms with van der Waals surface area (Å²) in [5, 5.41) is 19.8. The summed E-state index contributed by atoms with van der Waals surface area (Å²) in [5.74, 6) is 1.14. The molecule has 2 N–H and O–H groups in total. The van der Waals surface area contributed by atoms with Crippen molar-refractivity contribution in [2.45, 2.75) is 60.5 Å². The Morgan fingerprint density at radius 3 is 1.77 bits per heavy atom. The van der Waals surface area contributed by atoms with Gasteiger partial charge in [-0.25, -0.2) is 4.79 Å². The third kappa shape index (κ3) is 7.85. The smallest absolute Gasteiger partial charge is 0.335 e. The minimum absolute atomic E-state index is 0. The third-order valence-electron chi connectivity index (χ3n) is 9.40. The standard InChI is InChI=1S/C19H38N2O.C10H12O5.2ClH/c1-7-20(8-2)12-13-21(9-3)14-15-16-10-11-19(6,17(15)22)18(16,4)5;1-13-7-4-6(10(11)12)5-8(14-2)9(7)15-3;;/h15-17,22H,7-14H2,1-6H3;4-5H,1-3H3,(H,11,12);2*1H. The van der Waals surface area contributed by atoms with Crippen molar-refractivity contribution in [3.05, 3.63) is 17.7 Å². The van der Waals surface area contributed by atoms with Crippen LogP contribution in [0.5, 0.6) is 17.2 Å². The lowest BCUT2D eigenvalue weighted by molar-refractivity contribution is -0.0185. The summed E-state index contributed by atoms with van der Waals surface area (Å²) >= 11 is 0. The predicted octanol–water partition coefficient (Wildman–Crippen LogP) is 5.34. The Morgan fingerprint density at radius 2 is 1.41 bits per heavy atom. The number of carbonyl (C=O) groups is 1. The van der Waals surface area contributed by atoms with Gasteiger partial charge in [0, 0.05) is 25.6 Å². The number of fused-ring (bicyclic) bond motifs is 2. The number of nitrogens with zero attached hydrogens (tertiary/aromatic N) is 2. The molecule has 0 heterocycles. The van der Waals surface area contributed by atoms with Crippen molar-refractivity contribution in [2.75, 3.05) is 60.6 Å². The van der Waals surface area contributed by atoms with Crippen molar-refractivity contribution < 1.29 is 29.2 Å². The highest BCUT2D eigenvalue weighted by molar-refractivity contribution is 5.89. The summed E-state index contributed by atoms with van der Waals surface area (Å²) < 4.78 is 15.1. The Hall–Kier alpha value is -1.45. The molecule has 4 atom stereocenters. The van der Waals surface area contributed by atoms with Crippen molar-refractivity contribution in [1.82, 2.24) is 9.80 Å². The Morgan fingerprint density at radius 1 is 0.923 bits per heavy atom. The van der Waals surface area contributed by atoms with Crippen LogP contribution >= 0.6 is 24.8 Å². The first-order chi connectivity index (χ1) is 17.4. The molecule has 2 aliphatic rings. The van der Waals surface area contributed by atoms with Gasteiger partial charge in [0.05, 0.1) is 33.0 Å². The summed E-state index contributed by atoms with van der Waals surface area (Å²) in [5.41, 5.74) is 0.500. The van der Waals surface area contributed by atoms with E-state index in [2.05, 4.69) is 51.3 Å². The molecule has 2 fully saturated rings. The number of carboxylic acid groups (broad SMARTS) is 1. The number of likely N-dealkylation sites (N-methyl/N-ethyl adjacent to an activating group) is 2. The fourth-order valence-corrected chi connectivity index (χ4v) is 6.46. The van der Waals surface area contributed by atoms with Gasteiger partial charge >= 0.3 is 5.97 Å². The van der Waals surface area contributed by atoms with Crippen LogP contribution in [0, 0.1) is 22.7 Å². The molecule has 8 nitrogen and oxygen atoms in total. The molecule has 2 bridgehead atoms. The van der Waals surface area contributed by atoms with E-state index in [4.69, 9.17) is 19.3 Å². The van der Waals surface area contributed by atoms with Gasteiger partial charge in [0.15, 0.2) is 11.5 Å². The minimum Gasteiger partial charge on any atom is -0.493 e. The van der Waals surface area contributed by atoms with Crippen molar-refractivity contribution in [2.24, 2.45) is 22.7 Å². The van der Waals surface area contributed by atoms with Crippen LogP contribution in [-0.4, -0.2) is 92.7 Å². The first kappa shape index (κ1) is 37.6. The molecule has 10 heteroatoms. The molecule has 39 heavy (non-hydrogen) atoms. The number of halogens is 2. The van der Waals surface area contributed by atoms with Gasteiger partial charge in [-0.1, -0.05) is 41.5 Å². The van der Waals surface area contributed by atoms with Crippen LogP contribution in [0.1, 0.15) is 64.7 Å². The summed E-state index contributed by atoms with van der Waals surface area (Å²) in [6.07, 6.45) is 2.39. The molecule has 1 aromatic carbocycles. The number of aliphatic hydroxyl groups excluding tert-OH is 1. The molecule has 0 aromatic heterocycles. The Kier molecular flexibility index (Phi) is 15.5. The van der Waals surface area contributed by atoms with E-state index < -0.39 is 5.97 Å². The number of aromatic carboxylic acids is 1. The molecule has 0 aliphatic heterocycles. The number of aliphatic hydroxyl groups is 1. The van der Waals surface area contributed by atoms with Gasteiger partial charge in [0.1, 0.15) is 0 Å². The van der Waals surface area contributed by atoms with Gasteiger partial charge < -0.3 is 34.2 Å². The first-order valence-electron chi connectivity index (χ1n) is 13.6. The van der Waals surface area contributed by atoms with Crippen LogP contribution in [0.25, 0.3) is 0 Å². The predicted molar refractivity (Wildman–Crippen MR) is 162 cm³/mol. The van der Waals surface area contributed by atoms with Gasteiger partial charge in [-0.2, -0.15) is 0 Å². The largest absolute Gasteiger partial charge is 0.493 e. The van der Waals surface area contributed by atoms with Crippen LogP contribution in [-0.2, 0) is 0 Å². The topological polar surface area (TPSA) is 91.7 Å². The van der Waals surface area contributed by atoms with Crippen LogP contribution < -0.4 is 14.2 Å². The number of ether oxygens (including phenoxy) is 3. The molecular weight excluding hydrogens is 543 g/mol. The molecule has 0 amide bonds. The summed E-state index contributed by atoms with van der Waals surface area (Å²) in [7, 11) is 4.33. The molecule has 0 spiro atoms. The van der Waals surface area contributed by atoms with Crippen LogP contribution in [0.2, 0.25) is 0 Å². The Bertz CT molecular complexity index is 874. The average Bonchev–Trinajstić information content (AvgIpc) is 3.20. The van der Waals surface area contributed by atoms with Crippen LogP contribution in [0.3, 0.4) is 0 Å². The maximum absolute atomic E-state index is 11.0. The van der Waals surface area contributed by atoms with Gasteiger partial charge in [-0.05, 0) is 61.4 Å². The van der Waals surface area contributed by atoms with Gasteiger partial charge in [-0.15, -0.1) is 24.8 Å². The highest BCUT2D eigenvalue weighted by Gasteiger charge is 2.65. The SMILES string of the molecule is CCN(CC)CCN(CC)CC1C2CCC(C)(C1O)C2(C)C.COc1cc(C(=O)O)cc(OC)c1OC.Cl.Cl. The molecule has 2 saturated carbocycles. The molecular formula is C29H52Cl2N2O6. The zero-order valence-electron chi connectivity index (χ0n) is 25.3. The molecule has 0 saturated heterocycles. The van der Waals surface area contributed by atoms with E-state index in [1.54, 1.807) is 0 Å². The van der Waals surface area contributed by atoms with E-state index in [1.807, 2.05) is 0 Å². The first-order valence-corrected chi connectivity index (χ1v) is 13.6. The maximum Gasteiger partial charge on any atom is 0.335 e. The zero-order valence-corrected chi connectivity index (χ0v) is 26.9. The molecule has 1 aromatic rings. The van der Waals surface area contributed by atoms with Crippen molar-refractivity contribution in [3.8, 4) is 17.2 Å². The number of methoxy groups -OCH3 is 3. The fraction of sp³-hybridized carbons (Fsp3) is 0.759. The fourth-order valence-electron chi connectivity index (χ4n) is 6.46. The molecule has 4 unspecified atom stereocenters. The molecule has 0 radical (unpaired) electrons. The third-order valence-corrected chi connectivity index (χ3v) is 9.40. The second-order valence-corrected chi connectivity index (χ2v) is 11.0. The number of hydrogen-bond donors (Lipinski definition) is 2. The maximum atomic E-state index is 11.0. The van der Waals surface area contributed by atoms with E-state index in [-0.39, 0.29) is 47.3 Å². The normalized spacial score (nSPS) is 24.4. The van der Waals surface area contributed by atoms with Crippen LogP contribution in [0.4, 0.5) is 0 Å². The van der Waals surface area contributed by atoms with Crippen molar-refractivity contribution in [3.63, 3.8) is 0 Å². The quantitative estimate of drug-likeness (QED) is 0.335. The minimum atomic E-state index is -1.05. The van der Waals surface area contributed by atoms with Crippen molar-refractivity contribution in [1.29, 1.82) is 0 Å². The number of hydrogen-bond acceptors (Lipinski definition) is 7. The second kappa shape index (κ2) is 16.1. The van der Waals surface area contributed by atoms with Gasteiger partial charge in [-0.3, -0.25) is 0 Å². The van der Waals surface area contributed by atoms with Crippen molar-refractivity contribution >= 4 is 30.8 Å². The number of rotatable bonds is 12. The summed E-state index contributed by atoms with van der Waals surface area (Å²) in [4.78, 5) is 15.8. The van der Waals surface area contributed by atoms with E-state index in [0.717, 1.165) is 39.3 Å². The second-order valence-electron chi connectivity index (χ2n) is 11.0. The lowest BCUT2D eigenvalue weighted by atomic mass is 9.70. The monoisotopic (exact) mass is 594 g/mol. The van der Waals surface area contributed by atoms with E-state index in [1.165, 1.54) is 46.3 Å². The molecule has 228 valence electrons. The van der Waals surface area contributed by atoms with Gasteiger partial charge in [0.25, 0.3) is 0 Å². The highest BCUT2D eigenvalue weighted by atomic mass is 35.5. The lowest BCUT2D eigenvalue weighted by Gasteiger charge is -2.38. The zero-order chi connectivity index (χ0) is 28.0. The van der Waals surface area contributed by atoms with E-state index in [0.29, 0.717) is 29.1 Å². The Balaban J connectivity index is 0.000000752. The van der Waals surface area contributed by atoms with E-state index >= 15 is 0 Å². The number of benzene rings is 1. The molecule has 3 rings (SSSR count).